The molecule has 0 aliphatic carbocycles. The lowest BCUT2D eigenvalue weighted by atomic mass is 10.0. The van der Waals surface area contributed by atoms with Gasteiger partial charge >= 0.3 is 19.5 Å². The van der Waals surface area contributed by atoms with Crippen LogP contribution < -0.4 is 11.1 Å². The minimum atomic E-state index is -4.30. The van der Waals surface area contributed by atoms with Crippen molar-refractivity contribution in [2.75, 3.05) is 52.8 Å². The quantitative estimate of drug-likeness (QED) is 0.0178. The van der Waals surface area contributed by atoms with Crippen molar-refractivity contribution >= 4 is 36.2 Å². The molecule has 1 unspecified atom stereocenters. The van der Waals surface area contributed by atoms with Crippen LogP contribution >= 0.6 is 7.82 Å². The number of nitro groups is 1. The Morgan fingerprint density at radius 1 is 1.00 bits per heavy atom. The molecule has 51 heavy (non-hydrogen) atoms. The molecule has 16 heteroatoms. The molecule has 0 amide bonds. The summed E-state index contributed by atoms with van der Waals surface area (Å²) >= 11 is 0. The molecule has 1 aromatic heterocycles. The number of non-ortho nitro benzene ring substituents is 1. The molecule has 1 heterocycles. The second kappa shape index (κ2) is 24.3. The lowest BCUT2D eigenvalue weighted by molar-refractivity contribution is -0.870. The first kappa shape index (κ1) is 44.2. The fourth-order valence-electron chi connectivity index (χ4n) is 5.21. The molecule has 1 aromatic carbocycles. The number of benzene rings is 1. The number of phosphoric acid groups is 1. The number of nitro benzene ring substituents is 1. The van der Waals surface area contributed by atoms with Gasteiger partial charge in [0.1, 0.15) is 13.2 Å². The van der Waals surface area contributed by atoms with Gasteiger partial charge in [-0.25, -0.2) is 9.19 Å². The highest BCUT2D eigenvalue weighted by Crippen LogP contribution is 2.50. The van der Waals surface area contributed by atoms with E-state index < -0.39 is 30.9 Å². The summed E-state index contributed by atoms with van der Waals surface area (Å²) in [5, 5.41) is 32.2. The van der Waals surface area contributed by atoms with Crippen molar-refractivity contribution in [2.24, 2.45) is 5.73 Å². The summed E-state index contributed by atoms with van der Waals surface area (Å²) in [6.07, 6.45) is 19.0. The number of allylic oxidation sites excluding steroid dienone is 1. The summed E-state index contributed by atoms with van der Waals surface area (Å²) in [5.41, 5.74) is 6.79. The van der Waals surface area contributed by atoms with Crippen LogP contribution in [0.5, 0.6) is 0 Å². The number of anilines is 1. The predicted molar refractivity (Wildman–Crippen MR) is 198 cm³/mol. The number of rotatable bonds is 30. The maximum Gasteiger partial charge on any atom is 0.532 e. The summed E-state index contributed by atoms with van der Waals surface area (Å²) in [5.74, 6) is -0.733. The number of aromatic nitrogens is 2. The molecule has 0 saturated carbocycles. The lowest BCUT2D eigenvalue weighted by Gasteiger charge is -2.25. The lowest BCUT2D eigenvalue weighted by Crippen LogP contribution is -2.38. The van der Waals surface area contributed by atoms with Crippen molar-refractivity contribution in [3.63, 3.8) is 0 Å². The van der Waals surface area contributed by atoms with Crippen molar-refractivity contribution in [1.29, 1.82) is 0 Å². The van der Waals surface area contributed by atoms with E-state index in [0.29, 0.717) is 42.5 Å². The van der Waals surface area contributed by atoms with Gasteiger partial charge in [-0.05, 0) is 42.1 Å². The number of aliphatic hydroxyl groups is 1. The molecule has 0 radical (unpaired) electrons. The van der Waals surface area contributed by atoms with Crippen LogP contribution in [0.15, 0.2) is 28.9 Å². The van der Waals surface area contributed by atoms with E-state index in [-0.39, 0.29) is 36.4 Å². The van der Waals surface area contributed by atoms with Crippen molar-refractivity contribution in [3.05, 3.63) is 34.4 Å². The average molecular weight is 742 g/mol. The molecule has 3 atom stereocenters. The molecule has 0 bridgehead atoms. The van der Waals surface area contributed by atoms with Crippen LogP contribution in [0, 0.1) is 10.1 Å². The maximum atomic E-state index is 13.4. The van der Waals surface area contributed by atoms with Gasteiger partial charge in [0.15, 0.2) is 5.52 Å². The zero-order valence-corrected chi connectivity index (χ0v) is 32.0. The Kier molecular flexibility index (Phi) is 21.1. The molecule has 0 aliphatic rings. The fourth-order valence-corrected chi connectivity index (χ4v) is 6.39. The highest BCUT2D eigenvalue weighted by Gasteiger charge is 2.33. The maximum absolute atomic E-state index is 13.4. The second-order valence-corrected chi connectivity index (χ2v) is 15.6. The highest BCUT2D eigenvalue weighted by molar-refractivity contribution is 7.49. The number of nitrogens with two attached hydrogens (primary N) is 1. The molecular weight excluding hydrogens is 679 g/mol. The summed E-state index contributed by atoms with van der Waals surface area (Å²) in [6.45, 7) is 2.91. The summed E-state index contributed by atoms with van der Waals surface area (Å²) < 4.78 is 34.8. The third-order valence-corrected chi connectivity index (χ3v) is 9.75. The zero-order valence-electron chi connectivity index (χ0n) is 31.1. The Labute approximate surface area is 303 Å². The Hall–Kier alpha value is -2.94. The molecule has 15 nitrogen and oxygen atoms in total. The van der Waals surface area contributed by atoms with E-state index in [1.807, 2.05) is 27.2 Å². The Morgan fingerprint density at radius 2 is 1.63 bits per heavy atom. The van der Waals surface area contributed by atoms with Gasteiger partial charge in [0.25, 0.3) is 0 Å². The molecule has 0 spiro atoms. The molecular formula is C35H62N6O9P+. The van der Waals surface area contributed by atoms with Gasteiger partial charge in [-0.3, -0.25) is 24.0 Å². The van der Waals surface area contributed by atoms with Gasteiger partial charge in [0.05, 0.1) is 50.5 Å². The minimum Gasteiger partial charge on any atom is -0.387 e. The van der Waals surface area contributed by atoms with Crippen LogP contribution in [0.3, 0.4) is 0 Å². The standard InChI is InChI=1S/C35H62N6O9P/c1-5-6-7-8-9-10-11-12-13-14-15-16-18-21-32(42)29(36)28-48-51(46,47-27-26-41(2,3)4)49-33(43)22-19-17-20-25-37-30-23-24-31(40(44)45)35-34(30)38-50-39-35/h18,21,23-24,29,32,37,42H,5-17,19-20,22,25-28,36H2,1-4H3/q+1/b21-18+/t29-,32+,51?/m0/s1. The first-order chi connectivity index (χ1) is 24.3. The summed E-state index contributed by atoms with van der Waals surface area (Å²) in [6, 6.07) is 1.97. The number of unbranched alkanes of at least 4 members (excludes halogenated alkanes) is 13. The van der Waals surface area contributed by atoms with E-state index in [1.54, 1.807) is 12.1 Å². The van der Waals surface area contributed by atoms with Crippen LogP contribution in [0.2, 0.25) is 0 Å². The second-order valence-electron chi connectivity index (χ2n) is 14.0. The monoisotopic (exact) mass is 741 g/mol. The van der Waals surface area contributed by atoms with Crippen LogP contribution in [-0.4, -0.2) is 90.4 Å². The van der Waals surface area contributed by atoms with E-state index >= 15 is 0 Å². The molecule has 4 N–H and O–H groups in total. The number of phosphoric ester groups is 1. The van der Waals surface area contributed by atoms with Gasteiger partial charge in [-0.15, -0.1) is 0 Å². The van der Waals surface area contributed by atoms with E-state index in [9.17, 15) is 24.6 Å². The first-order valence-corrected chi connectivity index (χ1v) is 20.0. The summed E-state index contributed by atoms with van der Waals surface area (Å²) in [7, 11) is 1.53. The third-order valence-electron chi connectivity index (χ3n) is 8.36. The van der Waals surface area contributed by atoms with Gasteiger partial charge in [-0.2, -0.15) is 0 Å². The number of hydrogen-bond donors (Lipinski definition) is 3. The predicted octanol–water partition coefficient (Wildman–Crippen LogP) is 7.44. The normalized spacial score (nSPS) is 14.5. The number of nitrogens with one attached hydrogen (secondary N) is 1. The van der Waals surface area contributed by atoms with Crippen molar-refractivity contribution < 1.29 is 42.1 Å². The van der Waals surface area contributed by atoms with Crippen molar-refractivity contribution in [1.82, 2.24) is 10.3 Å². The first-order valence-electron chi connectivity index (χ1n) is 18.5. The number of carbonyl (C=O) groups is 1. The highest BCUT2D eigenvalue weighted by atomic mass is 31.2. The fraction of sp³-hybridized carbons (Fsp3) is 0.743. The molecule has 0 fully saturated rings. The van der Waals surface area contributed by atoms with E-state index in [0.717, 1.165) is 19.3 Å². The van der Waals surface area contributed by atoms with Crippen LogP contribution in [-0.2, 0) is 22.9 Å². The Bertz CT molecular complexity index is 1370. The largest absolute Gasteiger partial charge is 0.532 e. The number of likely N-dealkylation sites (N-methyl/N-ethyl adjacent to an activating group) is 1. The van der Waals surface area contributed by atoms with Crippen molar-refractivity contribution in [3.8, 4) is 0 Å². The number of hydrogen-bond acceptors (Lipinski definition) is 13. The molecule has 0 aliphatic heterocycles. The van der Waals surface area contributed by atoms with E-state index in [2.05, 4.69) is 27.2 Å². The molecule has 2 aromatic rings. The van der Waals surface area contributed by atoms with Gasteiger partial charge in [0, 0.05) is 19.0 Å². The average Bonchev–Trinajstić information content (AvgIpc) is 3.57. The van der Waals surface area contributed by atoms with Crippen LogP contribution in [0.4, 0.5) is 11.4 Å². The molecule has 290 valence electrons. The zero-order chi connectivity index (χ0) is 37.5. The number of nitrogens with zero attached hydrogens (tertiary/aromatic N) is 4. The smallest absolute Gasteiger partial charge is 0.387 e. The van der Waals surface area contributed by atoms with E-state index in [4.69, 9.17) is 19.3 Å². The van der Waals surface area contributed by atoms with Crippen molar-refractivity contribution in [2.45, 2.75) is 122 Å². The molecule has 0 saturated heterocycles. The molecule has 2 rings (SSSR count). The Morgan fingerprint density at radius 3 is 2.27 bits per heavy atom. The topological polar surface area (TPSA) is 202 Å². The Balaban J connectivity index is 1.71. The summed E-state index contributed by atoms with van der Waals surface area (Å²) in [4.78, 5) is 23.3. The van der Waals surface area contributed by atoms with Gasteiger partial charge in [-0.1, -0.05) is 89.7 Å². The number of carbonyl (C=O) groups excluding carboxylic acids is 1. The SMILES string of the molecule is CCCCCCCCCCCCC/C=C/[C@@H](O)[C@@H](N)COP(=O)(OCC[N+](C)(C)C)OC(=O)CCCCCNc1ccc([N+](=O)[O-])c2nonc12. The number of fused-ring (bicyclic) bond motifs is 1. The van der Waals surface area contributed by atoms with Gasteiger partial charge in [0.2, 0.25) is 5.52 Å². The van der Waals surface area contributed by atoms with Gasteiger partial charge < -0.3 is 25.2 Å². The van der Waals surface area contributed by atoms with Crippen LogP contribution in [0.1, 0.15) is 110 Å². The van der Waals surface area contributed by atoms with Crippen LogP contribution in [0.25, 0.3) is 11.0 Å². The number of aliphatic hydroxyl groups excluding tert-OH is 1. The third kappa shape index (κ3) is 18.9. The minimum absolute atomic E-state index is 0.0164. The number of quaternary nitrogens is 1. The van der Waals surface area contributed by atoms with E-state index in [1.165, 1.54) is 63.9 Å².